The van der Waals surface area contributed by atoms with Gasteiger partial charge in [0.25, 0.3) is 0 Å². The summed E-state index contributed by atoms with van der Waals surface area (Å²) in [5.41, 5.74) is 0.451. The Hall–Kier alpha value is -0.790. The highest BCUT2D eigenvalue weighted by molar-refractivity contribution is 4.86. The van der Waals surface area contributed by atoms with E-state index in [9.17, 15) is 0 Å². The van der Waals surface area contributed by atoms with Gasteiger partial charge in [0.05, 0.1) is 0 Å². The molecule has 0 saturated carbocycles. The number of rotatable bonds is 3. The largest absolute Gasteiger partial charge is 0.349 e. The topological polar surface area (TPSA) is 28.7 Å². The molecule has 0 atom stereocenters. The molecule has 0 aliphatic heterocycles. The maximum Gasteiger partial charge on any atom is 0.105 e. The molecule has 12 heavy (non-hydrogen) atoms. The lowest BCUT2D eigenvalue weighted by molar-refractivity contribution is 0.364. The van der Waals surface area contributed by atoms with E-state index in [1.165, 1.54) is 12.8 Å². The summed E-state index contributed by atoms with van der Waals surface area (Å²) in [6.07, 6.45) is 7.24. The van der Waals surface area contributed by atoms with E-state index in [1.807, 2.05) is 12.4 Å². The molecular weight excluding hydrogens is 148 g/mol. The van der Waals surface area contributed by atoms with Crippen molar-refractivity contribution in [1.82, 2.24) is 9.97 Å². The van der Waals surface area contributed by atoms with Crippen LogP contribution in [0.5, 0.6) is 0 Å². The molecule has 1 aromatic heterocycles. The molecular formula is C10H18N2. The smallest absolute Gasteiger partial charge is 0.105 e. The molecule has 0 saturated heterocycles. The molecule has 1 aromatic rings. The van der Waals surface area contributed by atoms with Gasteiger partial charge in [0.1, 0.15) is 5.82 Å². The van der Waals surface area contributed by atoms with Gasteiger partial charge in [-0.1, -0.05) is 20.8 Å². The average molecular weight is 166 g/mol. The van der Waals surface area contributed by atoms with E-state index in [-0.39, 0.29) is 0 Å². The van der Waals surface area contributed by atoms with Crippen LogP contribution in [0.15, 0.2) is 12.4 Å². The van der Waals surface area contributed by atoms with Gasteiger partial charge >= 0.3 is 0 Å². The zero-order valence-corrected chi connectivity index (χ0v) is 8.22. The van der Waals surface area contributed by atoms with Crippen LogP contribution in [0.4, 0.5) is 0 Å². The van der Waals surface area contributed by atoms with Crippen molar-refractivity contribution in [2.24, 2.45) is 5.41 Å². The van der Waals surface area contributed by atoms with E-state index in [0.717, 1.165) is 12.2 Å². The highest BCUT2D eigenvalue weighted by atomic mass is 14.9. The van der Waals surface area contributed by atoms with E-state index >= 15 is 0 Å². The van der Waals surface area contributed by atoms with Gasteiger partial charge in [0, 0.05) is 18.8 Å². The van der Waals surface area contributed by atoms with E-state index in [0.29, 0.717) is 5.41 Å². The van der Waals surface area contributed by atoms with Crippen LogP contribution in [0.25, 0.3) is 0 Å². The fourth-order valence-electron chi connectivity index (χ4n) is 1.22. The number of imidazole rings is 1. The number of hydrogen-bond donors (Lipinski definition) is 1. The summed E-state index contributed by atoms with van der Waals surface area (Å²) in [6, 6.07) is 0. The van der Waals surface area contributed by atoms with Crippen molar-refractivity contribution >= 4 is 0 Å². The SMILES string of the molecule is CC(C)(C)CCCc1ncc[nH]1. The molecule has 0 amide bonds. The third-order valence-electron chi connectivity index (χ3n) is 1.90. The average Bonchev–Trinajstić information content (AvgIpc) is 2.36. The number of aromatic amines is 1. The first-order valence-corrected chi connectivity index (χ1v) is 4.56. The van der Waals surface area contributed by atoms with Gasteiger partial charge in [-0.3, -0.25) is 0 Å². The highest BCUT2D eigenvalue weighted by Gasteiger charge is 2.09. The third kappa shape index (κ3) is 3.56. The Morgan fingerprint density at radius 1 is 1.42 bits per heavy atom. The fourth-order valence-corrected chi connectivity index (χ4v) is 1.22. The number of aryl methyl sites for hydroxylation is 1. The molecule has 2 heteroatoms. The second kappa shape index (κ2) is 3.74. The number of aromatic nitrogens is 2. The molecule has 68 valence electrons. The van der Waals surface area contributed by atoms with Crippen molar-refractivity contribution in [3.05, 3.63) is 18.2 Å². The van der Waals surface area contributed by atoms with Crippen molar-refractivity contribution < 1.29 is 0 Å². The minimum atomic E-state index is 0.451. The summed E-state index contributed by atoms with van der Waals surface area (Å²) in [5.74, 6) is 1.11. The summed E-state index contributed by atoms with van der Waals surface area (Å²) in [5, 5.41) is 0. The minimum absolute atomic E-state index is 0.451. The van der Waals surface area contributed by atoms with Crippen LogP contribution in [0.1, 0.15) is 39.4 Å². The standard InChI is InChI=1S/C10H18N2/c1-10(2,3)6-4-5-9-11-7-8-12-9/h7-8H,4-6H2,1-3H3,(H,11,12). The third-order valence-corrected chi connectivity index (χ3v) is 1.90. The summed E-state index contributed by atoms with van der Waals surface area (Å²) in [6.45, 7) is 6.82. The van der Waals surface area contributed by atoms with Gasteiger partial charge in [0.15, 0.2) is 0 Å². The van der Waals surface area contributed by atoms with Crippen molar-refractivity contribution in [2.45, 2.75) is 40.0 Å². The molecule has 0 aromatic carbocycles. The summed E-state index contributed by atoms with van der Waals surface area (Å²) < 4.78 is 0. The van der Waals surface area contributed by atoms with Gasteiger partial charge in [-0.05, 0) is 18.3 Å². The van der Waals surface area contributed by atoms with Gasteiger partial charge in [-0.15, -0.1) is 0 Å². The van der Waals surface area contributed by atoms with Gasteiger partial charge in [-0.25, -0.2) is 4.98 Å². The van der Waals surface area contributed by atoms with Crippen LogP contribution in [0.2, 0.25) is 0 Å². The second-order valence-corrected chi connectivity index (χ2v) is 4.45. The lowest BCUT2D eigenvalue weighted by Gasteiger charge is -2.16. The highest BCUT2D eigenvalue weighted by Crippen LogP contribution is 2.21. The first kappa shape index (κ1) is 9.30. The monoisotopic (exact) mass is 166 g/mol. The van der Waals surface area contributed by atoms with Crippen LogP contribution in [0, 0.1) is 5.41 Å². The Bertz CT molecular complexity index is 206. The molecule has 1 N–H and O–H groups in total. The lowest BCUT2D eigenvalue weighted by atomic mass is 9.90. The second-order valence-electron chi connectivity index (χ2n) is 4.45. The Morgan fingerprint density at radius 2 is 2.17 bits per heavy atom. The fraction of sp³-hybridized carbons (Fsp3) is 0.700. The van der Waals surface area contributed by atoms with Crippen molar-refractivity contribution in [2.75, 3.05) is 0 Å². The predicted molar refractivity (Wildman–Crippen MR) is 51.0 cm³/mol. The lowest BCUT2D eigenvalue weighted by Crippen LogP contribution is -2.05. The molecule has 0 bridgehead atoms. The van der Waals surface area contributed by atoms with Gasteiger partial charge in [-0.2, -0.15) is 0 Å². The van der Waals surface area contributed by atoms with Crippen LogP contribution < -0.4 is 0 Å². The Morgan fingerprint density at radius 3 is 2.67 bits per heavy atom. The normalized spacial score (nSPS) is 11.9. The molecule has 0 radical (unpaired) electrons. The Labute approximate surface area is 74.4 Å². The molecule has 1 rings (SSSR count). The van der Waals surface area contributed by atoms with Crippen LogP contribution in [-0.2, 0) is 6.42 Å². The molecule has 0 fully saturated rings. The molecule has 1 heterocycles. The molecule has 0 aliphatic rings. The number of hydrogen-bond acceptors (Lipinski definition) is 1. The first-order valence-electron chi connectivity index (χ1n) is 4.56. The maximum atomic E-state index is 4.18. The summed E-state index contributed by atoms with van der Waals surface area (Å²) >= 11 is 0. The van der Waals surface area contributed by atoms with Crippen LogP contribution in [0.3, 0.4) is 0 Å². The molecule has 0 spiro atoms. The molecule has 0 unspecified atom stereocenters. The quantitative estimate of drug-likeness (QED) is 0.735. The van der Waals surface area contributed by atoms with Crippen LogP contribution >= 0.6 is 0 Å². The zero-order valence-electron chi connectivity index (χ0n) is 8.22. The Balaban J connectivity index is 2.20. The Kier molecular flexibility index (Phi) is 2.90. The van der Waals surface area contributed by atoms with Gasteiger partial charge < -0.3 is 4.98 Å². The summed E-state index contributed by atoms with van der Waals surface area (Å²) in [4.78, 5) is 7.29. The molecule has 0 aliphatic carbocycles. The van der Waals surface area contributed by atoms with E-state index in [2.05, 4.69) is 30.7 Å². The van der Waals surface area contributed by atoms with Crippen molar-refractivity contribution in [3.8, 4) is 0 Å². The molecule has 2 nitrogen and oxygen atoms in total. The van der Waals surface area contributed by atoms with Crippen molar-refractivity contribution in [1.29, 1.82) is 0 Å². The maximum absolute atomic E-state index is 4.18. The van der Waals surface area contributed by atoms with E-state index in [1.54, 1.807) is 0 Å². The number of nitrogens with zero attached hydrogens (tertiary/aromatic N) is 1. The van der Waals surface area contributed by atoms with Crippen LogP contribution in [-0.4, -0.2) is 9.97 Å². The number of nitrogens with one attached hydrogen (secondary N) is 1. The predicted octanol–water partition coefficient (Wildman–Crippen LogP) is 2.78. The van der Waals surface area contributed by atoms with Gasteiger partial charge in [0.2, 0.25) is 0 Å². The van der Waals surface area contributed by atoms with E-state index < -0.39 is 0 Å². The van der Waals surface area contributed by atoms with E-state index in [4.69, 9.17) is 0 Å². The zero-order chi connectivity index (χ0) is 9.03. The summed E-state index contributed by atoms with van der Waals surface area (Å²) in [7, 11) is 0. The minimum Gasteiger partial charge on any atom is -0.349 e. The first-order chi connectivity index (χ1) is 5.58. The van der Waals surface area contributed by atoms with Crippen molar-refractivity contribution in [3.63, 3.8) is 0 Å². The number of H-pyrrole nitrogens is 1.